The van der Waals surface area contributed by atoms with Gasteiger partial charge in [-0.3, -0.25) is 9.00 Å². The van der Waals surface area contributed by atoms with E-state index in [9.17, 15) is 26.7 Å². The molecule has 13 heteroatoms. The lowest BCUT2D eigenvalue weighted by atomic mass is 10.1. The molecular formula is C21H14F3N2O6S2-. The van der Waals surface area contributed by atoms with Gasteiger partial charge < -0.3 is 19.1 Å². The Balaban J connectivity index is 1.88. The molecule has 1 atom stereocenters. The molecule has 0 amide bonds. The highest BCUT2D eigenvalue weighted by Gasteiger charge is 2.31. The van der Waals surface area contributed by atoms with Crippen molar-refractivity contribution >= 4 is 40.1 Å². The highest BCUT2D eigenvalue weighted by molar-refractivity contribution is 7.81. The van der Waals surface area contributed by atoms with E-state index in [1.807, 2.05) is 0 Å². The Hall–Kier alpha value is -3.60. The highest BCUT2D eigenvalue weighted by atomic mass is 32.2. The van der Waals surface area contributed by atoms with E-state index < -0.39 is 29.3 Å². The molecule has 1 aromatic heterocycles. The molecule has 1 heterocycles. The van der Waals surface area contributed by atoms with Crippen LogP contribution < -0.4 is 13.8 Å². The molecule has 2 aromatic carbocycles. The van der Waals surface area contributed by atoms with Gasteiger partial charge in [0.25, 0.3) is 0 Å². The number of alkyl halides is 3. The fraction of sp³-hybridized carbons (Fsp3) is 0.143. The fourth-order valence-corrected chi connectivity index (χ4v) is 4.02. The number of hydrogen-bond donors (Lipinski definition) is 1. The number of methoxy groups -OCH3 is 1. The molecule has 0 spiro atoms. The number of ether oxygens (including phenoxy) is 2. The predicted octanol–water partition coefficient (Wildman–Crippen LogP) is 4.01. The molecule has 3 rings (SSSR count). The molecule has 1 unspecified atom stereocenters. The highest BCUT2D eigenvalue weighted by Crippen LogP contribution is 2.36. The molecule has 0 fully saturated rings. The minimum absolute atomic E-state index is 0.000994. The van der Waals surface area contributed by atoms with Crippen molar-refractivity contribution in [1.29, 1.82) is 0 Å². The lowest BCUT2D eigenvalue weighted by Gasteiger charge is -2.25. The summed E-state index contributed by atoms with van der Waals surface area (Å²) in [7, 11) is 1.31. The molecule has 0 bridgehead atoms. The fourth-order valence-electron chi connectivity index (χ4n) is 2.77. The Bertz CT molecular complexity index is 1280. The van der Waals surface area contributed by atoms with Crippen LogP contribution in [0.2, 0.25) is 0 Å². The average molecular weight is 511 g/mol. The molecule has 8 nitrogen and oxygen atoms in total. The predicted molar refractivity (Wildman–Crippen MR) is 117 cm³/mol. The normalized spacial score (nSPS) is 11.8. The van der Waals surface area contributed by atoms with Gasteiger partial charge in [-0.05, 0) is 41.8 Å². The van der Waals surface area contributed by atoms with E-state index in [4.69, 9.17) is 9.84 Å². The monoisotopic (exact) mass is 511 g/mol. The zero-order valence-electron chi connectivity index (χ0n) is 17.2. The Morgan fingerprint density at radius 1 is 1.26 bits per heavy atom. The van der Waals surface area contributed by atoms with Crippen LogP contribution in [0.5, 0.6) is 11.5 Å². The maximum atomic E-state index is 12.4. The second kappa shape index (κ2) is 10.6. The third-order valence-electron chi connectivity index (χ3n) is 4.05. The summed E-state index contributed by atoms with van der Waals surface area (Å²) in [6.07, 6.45) is -5.11. The topological polar surface area (TPSA) is 112 Å². The van der Waals surface area contributed by atoms with Gasteiger partial charge in [-0.2, -0.15) is 0 Å². The van der Waals surface area contributed by atoms with Gasteiger partial charge in [0.05, 0.1) is 30.5 Å². The van der Waals surface area contributed by atoms with Gasteiger partial charge in [0.2, 0.25) is 0 Å². The summed E-state index contributed by atoms with van der Waals surface area (Å²) in [5.41, 5.74) is 0.747. The second-order valence-corrected chi connectivity index (χ2v) is 8.08. The van der Waals surface area contributed by atoms with E-state index in [2.05, 4.69) is 21.6 Å². The van der Waals surface area contributed by atoms with Crippen molar-refractivity contribution in [2.24, 2.45) is 0 Å². The first-order chi connectivity index (χ1) is 16.1. The van der Waals surface area contributed by atoms with Crippen LogP contribution in [0.4, 0.5) is 24.7 Å². The maximum Gasteiger partial charge on any atom is 0.573 e. The van der Waals surface area contributed by atoms with E-state index in [1.165, 1.54) is 42.8 Å². The molecule has 34 heavy (non-hydrogen) atoms. The molecule has 3 aromatic rings. The Morgan fingerprint density at radius 2 is 2.03 bits per heavy atom. The summed E-state index contributed by atoms with van der Waals surface area (Å²) in [4.78, 5) is 15.1. The lowest BCUT2D eigenvalue weighted by Crippen LogP contribution is -2.20. The Labute approximate surface area is 198 Å². The van der Waals surface area contributed by atoms with Crippen molar-refractivity contribution < 1.29 is 41.3 Å². The second-order valence-electron chi connectivity index (χ2n) is 6.42. The zero-order valence-corrected chi connectivity index (χ0v) is 18.8. The van der Waals surface area contributed by atoms with Crippen molar-refractivity contribution in [2.45, 2.75) is 12.8 Å². The van der Waals surface area contributed by atoms with Crippen LogP contribution in [-0.2, 0) is 22.5 Å². The van der Waals surface area contributed by atoms with Crippen LogP contribution in [0, 0.1) is 11.8 Å². The number of thiazole rings is 1. The van der Waals surface area contributed by atoms with Crippen molar-refractivity contribution in [3.63, 3.8) is 0 Å². The van der Waals surface area contributed by atoms with Crippen molar-refractivity contribution in [3.8, 4) is 23.3 Å². The van der Waals surface area contributed by atoms with Gasteiger partial charge in [0, 0.05) is 10.9 Å². The molecular weight excluding hydrogens is 497 g/mol. The SMILES string of the molecule is COc1cc(CC(=O)O)ccc1N(c1csc(C#Cc2cccc(OC(F)(F)F)c2)n1)S(=O)[O-]. The molecule has 0 radical (unpaired) electrons. The minimum atomic E-state index is -4.83. The first kappa shape index (κ1) is 25.0. The van der Waals surface area contributed by atoms with Gasteiger partial charge >= 0.3 is 12.3 Å². The number of carbonyl (C=O) groups is 1. The lowest BCUT2D eigenvalue weighted by molar-refractivity contribution is -0.274. The van der Waals surface area contributed by atoms with Crippen LogP contribution >= 0.6 is 11.3 Å². The summed E-state index contributed by atoms with van der Waals surface area (Å²) in [6.45, 7) is 0. The molecule has 0 saturated heterocycles. The molecule has 0 aliphatic rings. The van der Waals surface area contributed by atoms with Crippen LogP contribution in [0.1, 0.15) is 16.1 Å². The van der Waals surface area contributed by atoms with Gasteiger partial charge in [0.15, 0.2) is 10.8 Å². The number of anilines is 2. The Kier molecular flexibility index (Phi) is 7.77. The zero-order chi connectivity index (χ0) is 24.9. The molecule has 178 valence electrons. The molecule has 0 aliphatic carbocycles. The molecule has 0 aliphatic heterocycles. The van der Waals surface area contributed by atoms with Gasteiger partial charge in [-0.25, -0.2) is 9.29 Å². The van der Waals surface area contributed by atoms with Gasteiger partial charge in [-0.1, -0.05) is 18.1 Å². The van der Waals surface area contributed by atoms with Crippen LogP contribution in [0.25, 0.3) is 0 Å². The van der Waals surface area contributed by atoms with E-state index in [-0.39, 0.29) is 34.2 Å². The summed E-state index contributed by atoms with van der Waals surface area (Å²) in [5, 5.41) is 10.6. The van der Waals surface area contributed by atoms with Crippen molar-refractivity contribution in [1.82, 2.24) is 4.98 Å². The summed E-state index contributed by atoms with van der Waals surface area (Å²) in [5.74, 6) is 3.96. The first-order valence-electron chi connectivity index (χ1n) is 9.17. The number of benzene rings is 2. The number of halogens is 3. The number of carboxylic acids is 1. The number of hydrogen-bond acceptors (Lipinski definition) is 7. The van der Waals surface area contributed by atoms with E-state index in [0.717, 1.165) is 27.8 Å². The number of carboxylic acid groups (broad SMARTS) is 1. The van der Waals surface area contributed by atoms with Gasteiger partial charge in [0.1, 0.15) is 11.5 Å². The number of nitrogens with zero attached hydrogens (tertiary/aromatic N) is 2. The van der Waals surface area contributed by atoms with Crippen molar-refractivity contribution in [3.05, 3.63) is 64.0 Å². The smallest absolute Gasteiger partial charge is 0.573 e. The number of aliphatic carboxylic acids is 1. The minimum Gasteiger partial charge on any atom is -0.755 e. The van der Waals surface area contributed by atoms with E-state index in [1.54, 1.807) is 0 Å². The summed E-state index contributed by atoms with van der Waals surface area (Å²) < 4.78 is 71.0. The third-order valence-corrected chi connectivity index (χ3v) is 5.48. The standard InChI is InChI=1S/C21H15F3N2O6S2/c1-31-17-10-14(11-20(27)28)5-7-16(17)26(34(29)30)18-12-33-19(25-18)8-6-13-3-2-4-15(9-13)32-21(22,23)24/h2-5,7,9-10,12H,11H2,1H3,(H,27,28)(H,29,30)/p-1. The summed E-state index contributed by atoms with van der Waals surface area (Å²) in [6, 6.07) is 9.33. The van der Waals surface area contributed by atoms with E-state index in [0.29, 0.717) is 5.56 Å². The molecule has 0 saturated carbocycles. The van der Waals surface area contributed by atoms with Gasteiger partial charge in [-0.15, -0.1) is 24.5 Å². The Morgan fingerprint density at radius 3 is 2.68 bits per heavy atom. The number of aromatic nitrogens is 1. The van der Waals surface area contributed by atoms with Crippen LogP contribution in [0.15, 0.2) is 47.8 Å². The molecule has 1 N–H and O–H groups in total. The van der Waals surface area contributed by atoms with E-state index >= 15 is 0 Å². The van der Waals surface area contributed by atoms with Crippen LogP contribution in [0.3, 0.4) is 0 Å². The largest absolute Gasteiger partial charge is 0.755 e. The summed E-state index contributed by atoms with van der Waals surface area (Å²) >= 11 is -1.80. The van der Waals surface area contributed by atoms with Crippen LogP contribution in [-0.4, -0.2) is 38.3 Å². The average Bonchev–Trinajstić information content (AvgIpc) is 3.20. The van der Waals surface area contributed by atoms with Crippen molar-refractivity contribution in [2.75, 3.05) is 11.4 Å². The quantitative estimate of drug-likeness (QED) is 0.377. The number of rotatable bonds is 7. The maximum absolute atomic E-state index is 12.4. The third kappa shape index (κ3) is 6.70. The first-order valence-corrected chi connectivity index (χ1v) is 11.1.